The molecule has 0 atom stereocenters. The van der Waals surface area contributed by atoms with Gasteiger partial charge in [-0.3, -0.25) is 9.80 Å². The van der Waals surface area contributed by atoms with Crippen LogP contribution >= 0.6 is 0 Å². The SMILES string of the molecule is CCCCCCCCCCCN(C)CNC(=O)Nc1ccc(Cc2ccc(NC(=O)NCN(C)CCCCCCCCCCC)cc2)cc1. The number of unbranched alkanes of at least 4 members (excludes halogenated alkanes) is 16. The van der Waals surface area contributed by atoms with Gasteiger partial charge in [0, 0.05) is 11.4 Å². The zero-order valence-electron chi connectivity index (χ0n) is 31.6. The van der Waals surface area contributed by atoms with Crippen LogP contribution in [0.15, 0.2) is 48.5 Å². The van der Waals surface area contributed by atoms with Crippen molar-refractivity contribution >= 4 is 23.4 Å². The van der Waals surface area contributed by atoms with Gasteiger partial charge in [-0.15, -0.1) is 0 Å². The topological polar surface area (TPSA) is 88.7 Å². The maximum absolute atomic E-state index is 12.4. The second kappa shape index (κ2) is 27.7. The molecule has 0 radical (unpaired) electrons. The predicted octanol–water partition coefficient (Wildman–Crippen LogP) is 10.4. The van der Waals surface area contributed by atoms with Gasteiger partial charge in [0.05, 0.1) is 13.3 Å². The molecule has 0 bridgehead atoms. The largest absolute Gasteiger partial charge is 0.325 e. The van der Waals surface area contributed by atoms with Crippen LogP contribution in [0.1, 0.15) is 141 Å². The van der Waals surface area contributed by atoms with Crippen LogP contribution in [-0.4, -0.2) is 62.4 Å². The first-order valence-corrected chi connectivity index (χ1v) is 19.5. The van der Waals surface area contributed by atoms with Crippen LogP contribution in [0.4, 0.5) is 21.0 Å². The molecule has 0 fully saturated rings. The summed E-state index contributed by atoms with van der Waals surface area (Å²) in [6, 6.07) is 15.5. The van der Waals surface area contributed by atoms with Crippen molar-refractivity contribution in [3.63, 3.8) is 0 Å². The first-order chi connectivity index (χ1) is 23.9. The van der Waals surface area contributed by atoms with Crippen LogP contribution in [0.25, 0.3) is 0 Å². The van der Waals surface area contributed by atoms with Crippen molar-refractivity contribution in [1.29, 1.82) is 0 Å². The van der Waals surface area contributed by atoms with Gasteiger partial charge in [0.25, 0.3) is 0 Å². The molecule has 0 unspecified atom stereocenters. The predicted molar refractivity (Wildman–Crippen MR) is 209 cm³/mol. The van der Waals surface area contributed by atoms with Crippen LogP contribution in [0.3, 0.4) is 0 Å². The molecule has 0 saturated heterocycles. The first kappa shape index (κ1) is 42.1. The molecule has 0 aliphatic rings. The first-order valence-electron chi connectivity index (χ1n) is 19.5. The number of hydrogen-bond acceptors (Lipinski definition) is 4. The normalized spacial score (nSPS) is 11.2. The highest BCUT2D eigenvalue weighted by atomic mass is 16.2. The van der Waals surface area contributed by atoms with Crippen LogP contribution in [0.2, 0.25) is 0 Å². The summed E-state index contributed by atoms with van der Waals surface area (Å²) in [5, 5.41) is 11.8. The molecule has 8 nitrogen and oxygen atoms in total. The maximum atomic E-state index is 12.4. The van der Waals surface area contributed by atoms with Gasteiger partial charge in [-0.1, -0.05) is 141 Å². The van der Waals surface area contributed by atoms with Crippen molar-refractivity contribution in [3.05, 3.63) is 59.7 Å². The zero-order chi connectivity index (χ0) is 35.4. The van der Waals surface area contributed by atoms with E-state index in [2.05, 4.69) is 59.0 Å². The van der Waals surface area contributed by atoms with Crippen molar-refractivity contribution in [2.24, 2.45) is 0 Å². The van der Waals surface area contributed by atoms with E-state index in [4.69, 9.17) is 0 Å². The minimum absolute atomic E-state index is 0.191. The van der Waals surface area contributed by atoms with Crippen molar-refractivity contribution < 1.29 is 9.59 Å². The molecule has 0 aliphatic heterocycles. The number of urea groups is 2. The number of nitrogens with one attached hydrogen (secondary N) is 4. The monoisotopic (exact) mass is 679 g/mol. The Morgan fingerprint density at radius 2 is 0.776 bits per heavy atom. The summed E-state index contributed by atoms with van der Waals surface area (Å²) in [7, 11) is 4.10. The summed E-state index contributed by atoms with van der Waals surface area (Å²) >= 11 is 0. The summed E-state index contributed by atoms with van der Waals surface area (Å²) in [6.07, 6.45) is 24.5. The molecule has 0 saturated carbocycles. The maximum Gasteiger partial charge on any atom is 0.320 e. The van der Waals surface area contributed by atoms with E-state index in [0.717, 1.165) is 42.0 Å². The second-order valence-electron chi connectivity index (χ2n) is 14.0. The van der Waals surface area contributed by atoms with Gasteiger partial charge in [0.2, 0.25) is 0 Å². The number of benzene rings is 2. The molecule has 8 heteroatoms. The van der Waals surface area contributed by atoms with Gasteiger partial charge in [0.15, 0.2) is 0 Å². The molecular formula is C41H70N6O2. The van der Waals surface area contributed by atoms with Crippen molar-refractivity contribution in [3.8, 4) is 0 Å². The molecule has 0 heterocycles. The van der Waals surface area contributed by atoms with Gasteiger partial charge >= 0.3 is 12.1 Å². The molecule has 49 heavy (non-hydrogen) atoms. The number of anilines is 2. The Hall–Kier alpha value is -3.10. The highest BCUT2D eigenvalue weighted by molar-refractivity contribution is 5.89. The Bertz CT molecular complexity index is 1020. The van der Waals surface area contributed by atoms with Crippen molar-refractivity contribution in [2.45, 2.75) is 136 Å². The molecule has 276 valence electrons. The van der Waals surface area contributed by atoms with E-state index in [1.54, 1.807) is 0 Å². The van der Waals surface area contributed by atoms with Crippen molar-refractivity contribution in [1.82, 2.24) is 20.4 Å². The molecule has 2 aromatic rings. The highest BCUT2D eigenvalue weighted by Gasteiger charge is 2.07. The fourth-order valence-corrected chi connectivity index (χ4v) is 5.95. The smallest absolute Gasteiger partial charge is 0.320 e. The fraction of sp³-hybridized carbons (Fsp3) is 0.659. The van der Waals surface area contributed by atoms with Crippen LogP contribution in [-0.2, 0) is 6.42 Å². The Morgan fingerprint density at radius 3 is 1.10 bits per heavy atom. The highest BCUT2D eigenvalue weighted by Crippen LogP contribution is 2.16. The molecule has 2 rings (SSSR count). The lowest BCUT2D eigenvalue weighted by atomic mass is 10.0. The van der Waals surface area contributed by atoms with Crippen LogP contribution < -0.4 is 21.3 Å². The summed E-state index contributed by atoms with van der Waals surface area (Å²) in [6.45, 7) is 7.57. The standard InChI is InChI=1S/C41H70N6O2/c1-5-7-9-11-13-15-17-19-21-31-46(3)34-42-40(48)44-38-27-23-36(24-28-38)33-37-25-29-39(30-26-37)45-41(49)43-35-47(4)32-22-20-18-16-14-12-10-8-6-2/h23-30H,5-22,31-35H2,1-4H3,(H2,42,44,48)(H2,43,45,49). The summed E-state index contributed by atoms with van der Waals surface area (Å²) in [4.78, 5) is 29.2. The van der Waals surface area contributed by atoms with Gasteiger partial charge in [-0.05, 0) is 81.8 Å². The third-order valence-electron chi connectivity index (χ3n) is 9.14. The molecule has 4 amide bonds. The molecular weight excluding hydrogens is 608 g/mol. The minimum Gasteiger partial charge on any atom is -0.325 e. The average molecular weight is 679 g/mol. The fourth-order valence-electron chi connectivity index (χ4n) is 5.95. The second-order valence-corrected chi connectivity index (χ2v) is 14.0. The number of nitrogens with zero attached hydrogens (tertiary/aromatic N) is 2. The molecule has 2 aromatic carbocycles. The molecule has 0 spiro atoms. The quantitative estimate of drug-likeness (QED) is 0.0533. The van der Waals surface area contributed by atoms with E-state index in [0.29, 0.717) is 13.3 Å². The van der Waals surface area contributed by atoms with E-state index >= 15 is 0 Å². The van der Waals surface area contributed by atoms with Crippen LogP contribution in [0.5, 0.6) is 0 Å². The Morgan fingerprint density at radius 1 is 0.469 bits per heavy atom. The van der Waals surface area contributed by atoms with Crippen molar-refractivity contribution in [2.75, 3.05) is 51.2 Å². The van der Waals surface area contributed by atoms with Crippen LogP contribution in [0, 0.1) is 0 Å². The van der Waals surface area contributed by atoms with E-state index < -0.39 is 0 Å². The average Bonchev–Trinajstić information content (AvgIpc) is 3.10. The molecule has 0 aromatic heterocycles. The Labute approximate surface area is 299 Å². The van der Waals surface area contributed by atoms with E-state index in [9.17, 15) is 9.59 Å². The lowest BCUT2D eigenvalue weighted by Gasteiger charge is -2.17. The van der Waals surface area contributed by atoms with Gasteiger partial charge in [0.1, 0.15) is 0 Å². The number of rotatable bonds is 28. The third kappa shape index (κ3) is 22.3. The number of hydrogen-bond donors (Lipinski definition) is 4. The van der Waals surface area contributed by atoms with E-state index in [-0.39, 0.29) is 12.1 Å². The Balaban J connectivity index is 1.56. The van der Waals surface area contributed by atoms with Gasteiger partial charge in [-0.25, -0.2) is 9.59 Å². The molecule has 0 aliphatic carbocycles. The van der Waals surface area contributed by atoms with Gasteiger partial charge in [-0.2, -0.15) is 0 Å². The minimum atomic E-state index is -0.191. The third-order valence-corrected chi connectivity index (χ3v) is 9.14. The summed E-state index contributed by atoms with van der Waals surface area (Å²) < 4.78 is 0. The van der Waals surface area contributed by atoms with Gasteiger partial charge < -0.3 is 21.3 Å². The van der Waals surface area contributed by atoms with E-state index in [1.807, 2.05) is 48.5 Å². The number of amides is 4. The van der Waals surface area contributed by atoms with E-state index in [1.165, 1.54) is 116 Å². The molecule has 4 N–H and O–H groups in total. The number of carbonyl (C=O) groups excluding carboxylic acids is 2. The summed E-state index contributed by atoms with van der Waals surface area (Å²) in [5.41, 5.74) is 3.85. The zero-order valence-corrected chi connectivity index (χ0v) is 31.6. The lowest BCUT2D eigenvalue weighted by Crippen LogP contribution is -2.38. The Kier molecular flexibility index (Phi) is 23.8. The number of carbonyl (C=O) groups is 2. The summed E-state index contributed by atoms with van der Waals surface area (Å²) in [5.74, 6) is 0. The lowest BCUT2D eigenvalue weighted by molar-refractivity contribution is 0.239.